The van der Waals surface area contributed by atoms with Gasteiger partial charge in [0, 0.05) is 79.9 Å². The molecule has 0 bridgehead atoms. The first-order valence-corrected chi connectivity index (χ1v) is 24.2. The van der Waals surface area contributed by atoms with Crippen molar-refractivity contribution < 1.29 is 0 Å². The van der Waals surface area contributed by atoms with E-state index in [2.05, 4.69) is 166 Å². The van der Waals surface area contributed by atoms with Crippen LogP contribution in [0.3, 0.4) is 0 Å². The zero-order chi connectivity index (χ0) is 44.8. The summed E-state index contributed by atoms with van der Waals surface area (Å²) in [6.45, 7) is 9.37. The number of pyridine rings is 1. The lowest BCUT2D eigenvalue weighted by atomic mass is 9.88. The summed E-state index contributed by atoms with van der Waals surface area (Å²) in [6.07, 6.45) is 1.90. The number of nitriles is 1. The molecule has 0 unspecified atom stereocenters. The summed E-state index contributed by atoms with van der Waals surface area (Å²) in [5, 5.41) is 24.5. The largest absolute Gasteiger partial charge is 0.318 e. The Morgan fingerprint density at radius 1 is 0.456 bits per heavy atom. The van der Waals surface area contributed by atoms with E-state index in [1.165, 1.54) is 30.3 Å². The van der Waals surface area contributed by atoms with Gasteiger partial charge in [-0.05, 0) is 52.2 Å². The summed E-state index contributed by atoms with van der Waals surface area (Å²) in [4.78, 5) is 9.66. The molecular weight excluding hydrogens is 867 g/mol. The molecule has 0 fully saturated rings. The quantitative estimate of drug-likeness (QED) is 0.131. The second kappa shape index (κ2) is 13.8. The van der Waals surface area contributed by atoms with E-state index in [1.54, 1.807) is 22.7 Å². The smallest absolute Gasteiger partial charge is 0.220 e. The number of thiophene rings is 2. The van der Waals surface area contributed by atoms with Crippen LogP contribution in [0.25, 0.3) is 144 Å². The Kier molecular flexibility index (Phi) is 7.61. The SMILES string of the molecule is [C-]#[N+]c1c(-c2ccccc2)c(C#N)c(-n2c3c(ccc4c5ccccc5sc43)c3ccc4sc5ccccc5c4c32)c(-c2ccccc2)c1-n1c2cccc3c4ccccc4c4nccc1c4c32. The van der Waals surface area contributed by atoms with Crippen molar-refractivity contribution in [2.24, 2.45) is 0 Å². The predicted octanol–water partition coefficient (Wildman–Crippen LogP) is 17.5. The van der Waals surface area contributed by atoms with Gasteiger partial charge >= 0.3 is 0 Å². The lowest BCUT2D eigenvalue weighted by Gasteiger charge is -2.26. The molecule has 0 saturated carbocycles. The van der Waals surface area contributed by atoms with Crippen LogP contribution >= 0.6 is 22.7 Å². The van der Waals surface area contributed by atoms with Crippen molar-refractivity contribution in [3.05, 3.63) is 205 Å². The first-order chi connectivity index (χ1) is 33.7. The molecule has 15 rings (SSSR count). The molecule has 0 saturated heterocycles. The van der Waals surface area contributed by atoms with Crippen LogP contribution in [0.4, 0.5) is 5.69 Å². The Labute approximate surface area is 396 Å². The molecule has 0 aliphatic rings. The van der Waals surface area contributed by atoms with Gasteiger partial charge in [-0.1, -0.05) is 152 Å². The van der Waals surface area contributed by atoms with Crippen molar-refractivity contribution >= 4 is 134 Å². The van der Waals surface area contributed by atoms with Crippen LogP contribution in [0.5, 0.6) is 0 Å². The van der Waals surface area contributed by atoms with E-state index in [4.69, 9.17) is 4.98 Å². The van der Waals surface area contributed by atoms with Gasteiger partial charge in [0.2, 0.25) is 5.69 Å². The summed E-state index contributed by atoms with van der Waals surface area (Å²) in [5.41, 5.74) is 10.4. The highest BCUT2D eigenvalue weighted by Crippen LogP contribution is 2.55. The fourth-order valence-electron chi connectivity index (χ4n) is 11.5. The van der Waals surface area contributed by atoms with Crippen molar-refractivity contribution in [2.75, 3.05) is 0 Å². The third-order valence-corrected chi connectivity index (χ3v) is 16.5. The number of aromatic nitrogens is 3. The monoisotopic (exact) mass is 897 g/mol. The molecule has 312 valence electrons. The molecule has 5 nitrogen and oxygen atoms in total. The van der Waals surface area contributed by atoms with Gasteiger partial charge in [0.25, 0.3) is 0 Å². The summed E-state index contributed by atoms with van der Waals surface area (Å²) in [7, 11) is 0. The number of rotatable bonds is 4. The molecule has 0 aliphatic heterocycles. The first-order valence-electron chi connectivity index (χ1n) is 22.6. The Hall–Kier alpha value is -8.85. The highest BCUT2D eigenvalue weighted by Gasteiger charge is 2.33. The van der Waals surface area contributed by atoms with Crippen molar-refractivity contribution in [3.63, 3.8) is 0 Å². The Morgan fingerprint density at radius 3 is 1.84 bits per heavy atom. The van der Waals surface area contributed by atoms with Crippen molar-refractivity contribution in [1.29, 1.82) is 5.26 Å². The average Bonchev–Trinajstić information content (AvgIpc) is 4.16. The topological polar surface area (TPSA) is 50.9 Å². The highest BCUT2D eigenvalue weighted by atomic mass is 32.1. The molecular formula is C61H31N5S2. The maximum atomic E-state index is 12.1. The van der Waals surface area contributed by atoms with Crippen molar-refractivity contribution in [3.8, 4) is 39.7 Å². The first kappa shape index (κ1) is 37.4. The van der Waals surface area contributed by atoms with Gasteiger partial charge in [0.1, 0.15) is 6.07 Å². The lowest BCUT2D eigenvalue weighted by Crippen LogP contribution is -2.09. The van der Waals surface area contributed by atoms with E-state index in [0.717, 1.165) is 103 Å². The minimum atomic E-state index is 0.411. The molecule has 15 aromatic rings. The minimum absolute atomic E-state index is 0.411. The average molecular weight is 898 g/mol. The summed E-state index contributed by atoms with van der Waals surface area (Å²) >= 11 is 3.59. The second-order valence-electron chi connectivity index (χ2n) is 17.5. The van der Waals surface area contributed by atoms with Gasteiger partial charge in [-0.3, -0.25) is 4.98 Å². The van der Waals surface area contributed by atoms with Crippen LogP contribution in [0, 0.1) is 17.9 Å². The fraction of sp³-hybridized carbons (Fsp3) is 0. The lowest BCUT2D eigenvalue weighted by molar-refractivity contribution is 1.14. The van der Waals surface area contributed by atoms with Gasteiger partial charge in [0.15, 0.2) is 0 Å². The van der Waals surface area contributed by atoms with E-state index in [-0.39, 0.29) is 0 Å². The zero-order valence-electron chi connectivity index (χ0n) is 36.0. The van der Waals surface area contributed by atoms with E-state index in [9.17, 15) is 11.8 Å². The van der Waals surface area contributed by atoms with Crippen LogP contribution in [0.1, 0.15) is 5.56 Å². The summed E-state index contributed by atoms with van der Waals surface area (Å²) in [5.74, 6) is 0. The molecule has 7 heteroatoms. The molecule has 0 radical (unpaired) electrons. The molecule has 5 aromatic heterocycles. The zero-order valence-corrected chi connectivity index (χ0v) is 37.6. The molecule has 68 heavy (non-hydrogen) atoms. The molecule has 0 N–H and O–H groups in total. The third-order valence-electron chi connectivity index (χ3n) is 14.2. The maximum Gasteiger partial charge on any atom is 0.220 e. The van der Waals surface area contributed by atoms with Crippen LogP contribution in [0.2, 0.25) is 0 Å². The Balaban J connectivity index is 1.27. The van der Waals surface area contributed by atoms with Gasteiger partial charge in [-0.25, -0.2) is 4.85 Å². The molecule has 0 aliphatic carbocycles. The van der Waals surface area contributed by atoms with Gasteiger partial charge in [-0.15, -0.1) is 22.7 Å². The summed E-state index contributed by atoms with van der Waals surface area (Å²) in [6, 6.07) is 66.9. The van der Waals surface area contributed by atoms with E-state index in [0.29, 0.717) is 16.8 Å². The van der Waals surface area contributed by atoms with Crippen LogP contribution in [-0.2, 0) is 0 Å². The number of benzene rings is 10. The van der Waals surface area contributed by atoms with Gasteiger partial charge in [-0.2, -0.15) is 5.26 Å². The summed E-state index contributed by atoms with van der Waals surface area (Å²) < 4.78 is 9.48. The molecule has 0 spiro atoms. The van der Waals surface area contributed by atoms with Crippen LogP contribution < -0.4 is 0 Å². The van der Waals surface area contributed by atoms with Gasteiger partial charge in [0.05, 0.1) is 55.8 Å². The number of hydrogen-bond donors (Lipinski definition) is 0. The van der Waals surface area contributed by atoms with E-state index in [1.807, 2.05) is 42.6 Å². The molecule has 10 aromatic carbocycles. The number of nitrogens with zero attached hydrogens (tertiary/aromatic N) is 5. The maximum absolute atomic E-state index is 12.1. The molecule has 0 amide bonds. The van der Waals surface area contributed by atoms with Crippen molar-refractivity contribution in [1.82, 2.24) is 14.1 Å². The highest BCUT2D eigenvalue weighted by molar-refractivity contribution is 7.27. The predicted molar refractivity (Wildman–Crippen MR) is 287 cm³/mol. The van der Waals surface area contributed by atoms with E-state index < -0.39 is 0 Å². The number of hydrogen-bond acceptors (Lipinski definition) is 4. The Morgan fingerprint density at radius 2 is 1.07 bits per heavy atom. The number of fused-ring (bicyclic) bond motifs is 14. The fourth-order valence-corrected chi connectivity index (χ4v) is 13.9. The third kappa shape index (κ3) is 4.78. The van der Waals surface area contributed by atoms with Gasteiger partial charge < -0.3 is 9.13 Å². The Bertz CT molecular complexity index is 4660. The van der Waals surface area contributed by atoms with E-state index >= 15 is 0 Å². The molecule has 0 atom stereocenters. The normalized spacial score (nSPS) is 12.1. The van der Waals surface area contributed by atoms with Crippen LogP contribution in [0.15, 0.2) is 188 Å². The van der Waals surface area contributed by atoms with Crippen LogP contribution in [-0.4, -0.2) is 14.1 Å². The second-order valence-corrected chi connectivity index (χ2v) is 19.6. The standard InChI is InChI=1S/C61H31N5S2/c1-63-56-50(34-15-4-2-5-16-34)44(33-62)58(51(35-17-6-3-7-18-35)60(56)65-45-24-14-23-38-36-19-8-9-21-39(36)55-54(52(38)45)46(65)31-32-64-55)66-57-40(29-30-49-53(57)43-22-11-13-26-48(43)67-49)41-27-28-42-37-20-10-12-25-47(37)68-61(42)59(41)66/h2-32H. The molecule has 5 heterocycles. The minimum Gasteiger partial charge on any atom is -0.318 e. The van der Waals surface area contributed by atoms with Crippen molar-refractivity contribution in [2.45, 2.75) is 0 Å².